The van der Waals surface area contributed by atoms with Gasteiger partial charge in [-0.3, -0.25) is 0 Å². The number of carboxylic acids is 4. The summed E-state index contributed by atoms with van der Waals surface area (Å²) in [5.74, 6) is -3.39. The molecule has 1 unspecified atom stereocenters. The van der Waals surface area contributed by atoms with Gasteiger partial charge in [0.1, 0.15) is 13.2 Å². The fourth-order valence-electron chi connectivity index (χ4n) is 2.81. The van der Waals surface area contributed by atoms with Crippen LogP contribution < -0.4 is 10.6 Å². The van der Waals surface area contributed by atoms with Crippen molar-refractivity contribution in [2.24, 2.45) is 11.3 Å². The average Bonchev–Trinajstić information content (AvgIpc) is 3.08. The predicted molar refractivity (Wildman–Crippen MR) is 207 cm³/mol. The second kappa shape index (κ2) is 42.0. The molecule has 0 heterocycles. The molecule has 0 bridgehead atoms. The number of rotatable bonds is 20. The van der Waals surface area contributed by atoms with Crippen LogP contribution in [0.2, 0.25) is 0 Å². The van der Waals surface area contributed by atoms with E-state index in [1.54, 1.807) is 0 Å². The van der Waals surface area contributed by atoms with Gasteiger partial charge in [-0.25, -0.2) is 28.8 Å². The van der Waals surface area contributed by atoms with Crippen molar-refractivity contribution in [3.8, 4) is 0 Å². The summed E-state index contributed by atoms with van der Waals surface area (Å²) in [5, 5.41) is 70.6. The van der Waals surface area contributed by atoms with E-state index in [1.807, 2.05) is 13.8 Å². The van der Waals surface area contributed by atoms with Gasteiger partial charge in [0.15, 0.2) is 0 Å². The summed E-state index contributed by atoms with van der Waals surface area (Å²) in [6.07, 6.45) is 4.41. The molecular formula is C37H68N2O16. The second-order valence-corrected chi connectivity index (χ2v) is 12.5. The fourth-order valence-corrected chi connectivity index (χ4v) is 2.81. The number of aliphatic carboxylic acids is 4. The van der Waals surface area contributed by atoms with E-state index in [2.05, 4.69) is 43.9 Å². The molecule has 2 amide bonds. The normalized spacial score (nSPS) is 9.87. The maximum atomic E-state index is 11.3. The van der Waals surface area contributed by atoms with E-state index < -0.39 is 36.1 Å². The largest absolute Gasteiger partial charge is 0.478 e. The minimum absolute atomic E-state index is 0.00747. The molecule has 0 rings (SSSR count). The van der Waals surface area contributed by atoms with Gasteiger partial charge in [-0.1, -0.05) is 59.9 Å². The first-order valence-electron chi connectivity index (χ1n) is 17.1. The zero-order valence-corrected chi connectivity index (χ0v) is 33.6. The number of hydrogen-bond acceptors (Lipinski definition) is 12. The van der Waals surface area contributed by atoms with Crippen LogP contribution in [-0.4, -0.2) is 130 Å². The number of carbonyl (C=O) groups is 6. The molecule has 0 radical (unpaired) electrons. The Morgan fingerprint density at radius 2 is 0.855 bits per heavy atom. The predicted octanol–water partition coefficient (Wildman–Crippen LogP) is 3.99. The lowest BCUT2D eigenvalue weighted by Gasteiger charge is -2.28. The number of amides is 2. The molecule has 55 heavy (non-hydrogen) atoms. The summed E-state index contributed by atoms with van der Waals surface area (Å²) in [7, 11) is 0. The van der Waals surface area contributed by atoms with Crippen LogP contribution in [-0.2, 0) is 28.7 Å². The highest BCUT2D eigenvalue weighted by Crippen LogP contribution is 2.26. The molecule has 0 aliphatic heterocycles. The lowest BCUT2D eigenvalue weighted by Crippen LogP contribution is -2.36. The quantitative estimate of drug-likeness (QED) is 0.0615. The smallest absolute Gasteiger partial charge is 0.407 e. The van der Waals surface area contributed by atoms with E-state index in [0.29, 0.717) is 19.0 Å². The number of hydrogen-bond donors (Lipinski definition) is 10. The molecule has 0 aliphatic carbocycles. The van der Waals surface area contributed by atoms with Gasteiger partial charge >= 0.3 is 36.1 Å². The van der Waals surface area contributed by atoms with Crippen molar-refractivity contribution in [2.45, 2.75) is 87.0 Å². The van der Waals surface area contributed by atoms with Crippen molar-refractivity contribution in [3.63, 3.8) is 0 Å². The minimum Gasteiger partial charge on any atom is -0.478 e. The second-order valence-electron chi connectivity index (χ2n) is 12.5. The zero-order valence-electron chi connectivity index (χ0n) is 33.6. The average molecular weight is 797 g/mol. The molecule has 0 aromatic carbocycles. The molecule has 0 fully saturated rings. The van der Waals surface area contributed by atoms with Gasteiger partial charge in [0.2, 0.25) is 0 Å². The molecule has 0 spiro atoms. The van der Waals surface area contributed by atoms with Gasteiger partial charge < -0.3 is 61.0 Å². The van der Waals surface area contributed by atoms with Crippen LogP contribution in [0.3, 0.4) is 0 Å². The van der Waals surface area contributed by atoms with Crippen LogP contribution in [0.1, 0.15) is 87.0 Å². The number of alkyl carbamates (subject to hydrolysis) is 2. The third kappa shape index (κ3) is 64.6. The number of carboxylic acid groups (broad SMARTS) is 4. The number of carbonyl (C=O) groups excluding carboxylic acids is 2. The topological polar surface area (TPSA) is 307 Å². The van der Waals surface area contributed by atoms with E-state index in [0.717, 1.165) is 38.5 Å². The molecule has 18 nitrogen and oxygen atoms in total. The highest BCUT2D eigenvalue weighted by Gasteiger charge is 2.22. The Kier molecular flexibility index (Phi) is 47.5. The standard InChI is InChI=1S/C15H30N2O6.C6H14O2.4C4H6O2/c1-12(4-5-16-13(20)22-8-6-18)10-15(2,3)11-17-14(21)23-9-7-19;7-5-3-1-2-4-6-8;4*1-3(2)4(5)6/h12,18-19H,4-11H2,1-3H3,(H,16,20)(H,17,21);7-8H,1-6H2;4*1H2,2H3,(H,5,6). The van der Waals surface area contributed by atoms with Crippen LogP contribution in [0.5, 0.6) is 0 Å². The number of aliphatic hydroxyl groups excluding tert-OH is 4. The third-order valence-corrected chi connectivity index (χ3v) is 5.69. The maximum absolute atomic E-state index is 11.3. The van der Waals surface area contributed by atoms with Crippen LogP contribution in [0.4, 0.5) is 9.59 Å². The van der Waals surface area contributed by atoms with E-state index in [1.165, 1.54) is 27.7 Å². The van der Waals surface area contributed by atoms with Gasteiger partial charge in [0.05, 0.1) is 13.2 Å². The van der Waals surface area contributed by atoms with Crippen molar-refractivity contribution in [3.05, 3.63) is 48.6 Å². The van der Waals surface area contributed by atoms with Crippen molar-refractivity contribution in [2.75, 3.05) is 52.7 Å². The number of nitrogens with one attached hydrogen (secondary N) is 2. The van der Waals surface area contributed by atoms with E-state index >= 15 is 0 Å². The summed E-state index contributed by atoms with van der Waals surface area (Å²) < 4.78 is 9.43. The monoisotopic (exact) mass is 796 g/mol. The molecule has 0 saturated heterocycles. The molecular weight excluding hydrogens is 728 g/mol. The number of aliphatic hydroxyl groups is 4. The molecule has 322 valence electrons. The van der Waals surface area contributed by atoms with Gasteiger partial charge in [-0.05, 0) is 64.7 Å². The molecule has 0 aromatic heterocycles. The van der Waals surface area contributed by atoms with Crippen molar-refractivity contribution in [1.29, 1.82) is 0 Å². The summed E-state index contributed by atoms with van der Waals surface area (Å²) in [4.78, 5) is 61.0. The van der Waals surface area contributed by atoms with Crippen LogP contribution in [0, 0.1) is 11.3 Å². The summed E-state index contributed by atoms with van der Waals surface area (Å²) >= 11 is 0. The van der Waals surface area contributed by atoms with Crippen molar-refractivity contribution >= 4 is 36.1 Å². The van der Waals surface area contributed by atoms with Gasteiger partial charge in [-0.2, -0.15) is 0 Å². The lowest BCUT2D eigenvalue weighted by molar-refractivity contribution is -0.133. The molecule has 0 saturated carbocycles. The number of unbranched alkanes of at least 4 members (excludes halogenated alkanes) is 3. The fraction of sp³-hybridized carbons (Fsp3) is 0.622. The van der Waals surface area contributed by atoms with Crippen molar-refractivity contribution < 1.29 is 79.1 Å². The van der Waals surface area contributed by atoms with Gasteiger partial charge in [-0.15, -0.1) is 0 Å². The zero-order chi connectivity index (χ0) is 44.6. The molecule has 1 atom stereocenters. The minimum atomic E-state index is -0.935. The Bertz CT molecular complexity index is 986. The van der Waals surface area contributed by atoms with E-state index in [9.17, 15) is 28.8 Å². The van der Waals surface area contributed by atoms with E-state index in [-0.39, 0.29) is 67.3 Å². The maximum Gasteiger partial charge on any atom is 0.407 e. The first-order valence-corrected chi connectivity index (χ1v) is 17.1. The Morgan fingerprint density at radius 3 is 1.11 bits per heavy atom. The summed E-state index contributed by atoms with van der Waals surface area (Å²) in [5.41, 5.74) is 0.588. The highest BCUT2D eigenvalue weighted by atomic mass is 16.6. The SMILES string of the molecule is C=C(C)C(=O)O.C=C(C)C(=O)O.C=C(C)C(=O)O.C=C(C)C(=O)O.CC(CCNC(=O)OCCO)CC(C)(C)CNC(=O)OCCO.OCCCCCCO. The first-order chi connectivity index (χ1) is 25.3. The van der Waals surface area contributed by atoms with E-state index in [4.69, 9.17) is 50.3 Å². The summed E-state index contributed by atoms with van der Waals surface area (Å²) in [6.45, 7) is 25.7. The summed E-state index contributed by atoms with van der Waals surface area (Å²) in [6, 6.07) is 0. The van der Waals surface area contributed by atoms with Crippen LogP contribution >= 0.6 is 0 Å². The highest BCUT2D eigenvalue weighted by molar-refractivity contribution is 5.85. The Hall–Kier alpha value is -4.78. The molecule has 18 heteroatoms. The Labute approximate surface area is 325 Å². The first kappa shape index (κ1) is 62.2. The molecule has 10 N–H and O–H groups in total. The third-order valence-electron chi connectivity index (χ3n) is 5.69. The molecule has 0 aliphatic rings. The Morgan fingerprint density at radius 1 is 0.564 bits per heavy atom. The van der Waals surface area contributed by atoms with Gasteiger partial charge in [0, 0.05) is 48.6 Å². The van der Waals surface area contributed by atoms with Crippen molar-refractivity contribution in [1.82, 2.24) is 10.6 Å². The van der Waals surface area contributed by atoms with Crippen LogP contribution in [0.25, 0.3) is 0 Å². The Balaban J connectivity index is -0.000000152. The number of ether oxygens (including phenoxy) is 2. The van der Waals surface area contributed by atoms with Gasteiger partial charge in [0.25, 0.3) is 0 Å². The molecule has 0 aromatic rings. The van der Waals surface area contributed by atoms with Crippen LogP contribution in [0.15, 0.2) is 48.6 Å². The lowest BCUT2D eigenvalue weighted by atomic mass is 9.82.